The minimum atomic E-state index is 0.235. The minimum absolute atomic E-state index is 0.235. The number of ether oxygens (including phenoxy) is 1. The Bertz CT molecular complexity index is 202. The van der Waals surface area contributed by atoms with E-state index in [0.717, 1.165) is 19.0 Å². The predicted octanol–water partition coefficient (Wildman–Crippen LogP) is 2.28. The van der Waals surface area contributed by atoms with Crippen molar-refractivity contribution in [3.63, 3.8) is 0 Å². The van der Waals surface area contributed by atoms with Crippen LogP contribution in [0.2, 0.25) is 0 Å². The van der Waals surface area contributed by atoms with E-state index in [4.69, 9.17) is 4.74 Å². The zero-order valence-corrected chi connectivity index (χ0v) is 9.92. The molecule has 0 atom stereocenters. The molecule has 82 valence electrons. The quantitative estimate of drug-likeness (QED) is 0.685. The Labute approximate surface area is 87.6 Å². The highest BCUT2D eigenvalue weighted by molar-refractivity contribution is 5.07. The molecule has 0 aromatic heterocycles. The van der Waals surface area contributed by atoms with Gasteiger partial charge in [0.15, 0.2) is 0 Å². The van der Waals surface area contributed by atoms with Crippen LogP contribution in [-0.4, -0.2) is 35.7 Å². The average molecular weight is 197 g/mol. The third-order valence-electron chi connectivity index (χ3n) is 3.46. The highest BCUT2D eigenvalue weighted by Gasteiger charge is 2.54. The standard InChI is InChI=1S/C12H23NO/c1-9(2)13-7-12(8-13,11-5-6-11)14-10(3)4/h9-11H,5-8H2,1-4H3. The summed E-state index contributed by atoms with van der Waals surface area (Å²) in [5.74, 6) is 0.861. The number of likely N-dealkylation sites (tertiary alicyclic amines) is 1. The Morgan fingerprint density at radius 2 is 1.71 bits per heavy atom. The van der Waals surface area contributed by atoms with E-state index in [0.29, 0.717) is 12.1 Å². The number of hydrogen-bond donors (Lipinski definition) is 0. The first kappa shape index (κ1) is 10.4. The van der Waals surface area contributed by atoms with Crippen molar-refractivity contribution >= 4 is 0 Å². The summed E-state index contributed by atoms with van der Waals surface area (Å²) in [6, 6.07) is 0.678. The van der Waals surface area contributed by atoms with E-state index >= 15 is 0 Å². The van der Waals surface area contributed by atoms with Gasteiger partial charge in [-0.25, -0.2) is 0 Å². The first-order chi connectivity index (χ1) is 6.53. The Morgan fingerprint density at radius 1 is 1.14 bits per heavy atom. The SMILES string of the molecule is CC(C)OC1(C2CC2)CN(C(C)C)C1. The van der Waals surface area contributed by atoms with Gasteiger partial charge in [0.2, 0.25) is 0 Å². The van der Waals surface area contributed by atoms with E-state index in [1.54, 1.807) is 0 Å². The molecule has 0 bridgehead atoms. The molecule has 0 spiro atoms. The molecule has 2 nitrogen and oxygen atoms in total. The molecule has 1 heterocycles. The summed E-state index contributed by atoms with van der Waals surface area (Å²) < 4.78 is 6.14. The highest BCUT2D eigenvalue weighted by atomic mass is 16.5. The average Bonchev–Trinajstić information content (AvgIpc) is 2.76. The lowest BCUT2D eigenvalue weighted by Gasteiger charge is -2.53. The number of rotatable bonds is 4. The Kier molecular flexibility index (Phi) is 2.61. The van der Waals surface area contributed by atoms with Gasteiger partial charge in [-0.15, -0.1) is 0 Å². The van der Waals surface area contributed by atoms with Gasteiger partial charge >= 0.3 is 0 Å². The summed E-state index contributed by atoms with van der Waals surface area (Å²) in [6.45, 7) is 11.2. The van der Waals surface area contributed by atoms with Crippen molar-refractivity contribution in [2.24, 2.45) is 5.92 Å². The van der Waals surface area contributed by atoms with Gasteiger partial charge in [0, 0.05) is 19.1 Å². The molecular weight excluding hydrogens is 174 g/mol. The van der Waals surface area contributed by atoms with E-state index in [2.05, 4.69) is 32.6 Å². The van der Waals surface area contributed by atoms with Crippen LogP contribution in [0.1, 0.15) is 40.5 Å². The molecule has 2 aliphatic rings. The molecule has 1 aliphatic heterocycles. The third kappa shape index (κ3) is 1.82. The lowest BCUT2D eigenvalue weighted by atomic mass is 9.87. The van der Waals surface area contributed by atoms with Crippen LogP contribution in [-0.2, 0) is 4.74 Å². The summed E-state index contributed by atoms with van der Waals surface area (Å²) in [5, 5.41) is 0. The van der Waals surface area contributed by atoms with Crippen molar-refractivity contribution in [3.8, 4) is 0 Å². The molecule has 0 radical (unpaired) electrons. The van der Waals surface area contributed by atoms with Crippen LogP contribution in [0.4, 0.5) is 0 Å². The molecule has 0 aromatic rings. The molecule has 14 heavy (non-hydrogen) atoms. The Morgan fingerprint density at radius 3 is 2.07 bits per heavy atom. The maximum atomic E-state index is 6.14. The zero-order valence-electron chi connectivity index (χ0n) is 9.92. The van der Waals surface area contributed by atoms with Crippen LogP contribution in [0.25, 0.3) is 0 Å². The zero-order chi connectivity index (χ0) is 10.3. The number of nitrogens with zero attached hydrogens (tertiary/aromatic N) is 1. The van der Waals surface area contributed by atoms with E-state index in [1.165, 1.54) is 12.8 Å². The number of hydrogen-bond acceptors (Lipinski definition) is 2. The molecule has 0 amide bonds. The monoisotopic (exact) mass is 197 g/mol. The van der Waals surface area contributed by atoms with Crippen molar-refractivity contribution < 1.29 is 4.74 Å². The van der Waals surface area contributed by atoms with Crippen LogP contribution in [0, 0.1) is 5.92 Å². The fraction of sp³-hybridized carbons (Fsp3) is 1.00. The molecule has 2 rings (SSSR count). The van der Waals surface area contributed by atoms with Crippen LogP contribution < -0.4 is 0 Å². The largest absolute Gasteiger partial charge is 0.369 e. The normalized spacial score (nSPS) is 27.0. The van der Waals surface area contributed by atoms with Gasteiger partial charge in [-0.3, -0.25) is 4.90 Å². The molecular formula is C12H23NO. The van der Waals surface area contributed by atoms with Crippen LogP contribution in [0.15, 0.2) is 0 Å². The summed E-state index contributed by atoms with van der Waals surface area (Å²) in [6.07, 6.45) is 3.15. The van der Waals surface area contributed by atoms with Crippen LogP contribution in [0.5, 0.6) is 0 Å². The van der Waals surface area contributed by atoms with Gasteiger partial charge in [0.25, 0.3) is 0 Å². The van der Waals surface area contributed by atoms with Crippen LogP contribution in [0.3, 0.4) is 0 Å². The Hall–Kier alpha value is -0.0800. The minimum Gasteiger partial charge on any atom is -0.369 e. The second-order valence-electron chi connectivity index (χ2n) is 5.50. The molecule has 2 fully saturated rings. The van der Waals surface area contributed by atoms with E-state index < -0.39 is 0 Å². The van der Waals surface area contributed by atoms with Gasteiger partial charge in [-0.05, 0) is 46.5 Å². The van der Waals surface area contributed by atoms with Gasteiger partial charge in [0.1, 0.15) is 0 Å². The highest BCUT2D eigenvalue weighted by Crippen LogP contribution is 2.47. The van der Waals surface area contributed by atoms with Gasteiger partial charge in [-0.1, -0.05) is 0 Å². The van der Waals surface area contributed by atoms with Crippen LogP contribution >= 0.6 is 0 Å². The third-order valence-corrected chi connectivity index (χ3v) is 3.46. The fourth-order valence-corrected chi connectivity index (χ4v) is 2.51. The summed E-state index contributed by atoms with van der Waals surface area (Å²) in [5.41, 5.74) is 0.235. The molecule has 0 unspecified atom stereocenters. The van der Waals surface area contributed by atoms with Crippen molar-refractivity contribution in [3.05, 3.63) is 0 Å². The molecule has 2 heteroatoms. The molecule has 1 saturated carbocycles. The predicted molar refractivity (Wildman–Crippen MR) is 58.4 cm³/mol. The smallest absolute Gasteiger partial charge is 0.0966 e. The topological polar surface area (TPSA) is 12.5 Å². The fourth-order valence-electron chi connectivity index (χ4n) is 2.51. The second kappa shape index (κ2) is 3.49. The van der Waals surface area contributed by atoms with Crippen molar-refractivity contribution in [2.45, 2.75) is 58.3 Å². The Balaban J connectivity index is 1.91. The summed E-state index contributed by atoms with van der Waals surface area (Å²) in [4.78, 5) is 2.51. The van der Waals surface area contributed by atoms with Crippen molar-refractivity contribution in [1.29, 1.82) is 0 Å². The maximum Gasteiger partial charge on any atom is 0.0966 e. The molecule has 1 aliphatic carbocycles. The van der Waals surface area contributed by atoms with Crippen molar-refractivity contribution in [2.75, 3.05) is 13.1 Å². The van der Waals surface area contributed by atoms with Gasteiger partial charge in [0.05, 0.1) is 11.7 Å². The molecule has 0 aromatic carbocycles. The second-order valence-corrected chi connectivity index (χ2v) is 5.50. The van der Waals surface area contributed by atoms with E-state index in [-0.39, 0.29) is 5.60 Å². The first-order valence-corrected chi connectivity index (χ1v) is 5.95. The lowest BCUT2D eigenvalue weighted by Crippen LogP contribution is -2.66. The summed E-state index contributed by atoms with van der Waals surface area (Å²) in [7, 11) is 0. The van der Waals surface area contributed by atoms with E-state index in [9.17, 15) is 0 Å². The molecule has 0 N–H and O–H groups in total. The first-order valence-electron chi connectivity index (χ1n) is 5.95. The van der Waals surface area contributed by atoms with Gasteiger partial charge < -0.3 is 4.74 Å². The van der Waals surface area contributed by atoms with Gasteiger partial charge in [-0.2, -0.15) is 0 Å². The van der Waals surface area contributed by atoms with Crippen molar-refractivity contribution in [1.82, 2.24) is 4.90 Å². The summed E-state index contributed by atoms with van der Waals surface area (Å²) >= 11 is 0. The lowest BCUT2D eigenvalue weighted by molar-refractivity contribution is -0.185. The van der Waals surface area contributed by atoms with E-state index in [1.807, 2.05) is 0 Å². The molecule has 1 saturated heterocycles. The maximum absolute atomic E-state index is 6.14.